The lowest BCUT2D eigenvalue weighted by Gasteiger charge is -1.99. The number of rotatable bonds is 0. The molecule has 1 heterocycles. The van der Waals surface area contributed by atoms with Crippen LogP contribution in [0.5, 0.6) is 0 Å². The fourth-order valence-corrected chi connectivity index (χ4v) is 1.31. The minimum Gasteiger partial charge on any atom is -0.429 e. The molecule has 0 aliphatic heterocycles. The highest BCUT2D eigenvalue weighted by Crippen LogP contribution is 2.07. The monoisotopic (exact) mass is 220 g/mol. The molecule has 0 aliphatic rings. The van der Waals surface area contributed by atoms with Gasteiger partial charge in [-0.3, -0.25) is 4.79 Å². The Labute approximate surface area is 84.0 Å². The van der Waals surface area contributed by atoms with E-state index < -0.39 is 5.91 Å². The van der Waals surface area contributed by atoms with E-state index in [2.05, 4.69) is 4.99 Å². The van der Waals surface area contributed by atoms with Gasteiger partial charge in [0.1, 0.15) is 5.36 Å². The van der Waals surface area contributed by atoms with Crippen LogP contribution in [0.1, 0.15) is 6.92 Å². The molecule has 1 aromatic rings. The molecule has 0 radical (unpaired) electrons. The number of carbonyl (C=O) groups is 1. The molecule has 0 aliphatic carbocycles. The van der Waals surface area contributed by atoms with Gasteiger partial charge in [-0.2, -0.15) is 4.73 Å². The molecule has 6 heteroatoms. The van der Waals surface area contributed by atoms with Crippen LogP contribution in [0.2, 0.25) is 10.0 Å². The van der Waals surface area contributed by atoms with E-state index in [1.807, 2.05) is 0 Å². The number of nitrogens with zero attached hydrogens (tertiary/aromatic N) is 2. The first-order chi connectivity index (χ1) is 6.00. The lowest BCUT2D eigenvalue weighted by molar-refractivity contribution is -0.116. The summed E-state index contributed by atoms with van der Waals surface area (Å²) in [6.45, 7) is 1.28. The van der Waals surface area contributed by atoms with Gasteiger partial charge in [0.25, 0.3) is 0 Å². The highest BCUT2D eigenvalue weighted by molar-refractivity contribution is 6.34. The summed E-state index contributed by atoms with van der Waals surface area (Å²) in [6, 6.07) is 0. The van der Waals surface area contributed by atoms with E-state index in [4.69, 9.17) is 28.4 Å². The zero-order valence-electron chi connectivity index (χ0n) is 6.66. The van der Waals surface area contributed by atoms with Gasteiger partial charge in [-0.15, -0.1) is 0 Å². The van der Waals surface area contributed by atoms with Crippen molar-refractivity contribution in [1.82, 2.24) is 4.73 Å². The van der Waals surface area contributed by atoms with Gasteiger partial charge in [-0.25, -0.2) is 4.99 Å². The van der Waals surface area contributed by atoms with Crippen LogP contribution >= 0.6 is 23.2 Å². The molecular formula is C7H6Cl2N2O2. The van der Waals surface area contributed by atoms with E-state index in [0.717, 1.165) is 0 Å². The Morgan fingerprint density at radius 2 is 1.92 bits per heavy atom. The van der Waals surface area contributed by atoms with Gasteiger partial charge in [0.15, 0.2) is 0 Å². The van der Waals surface area contributed by atoms with Crippen LogP contribution in [0.25, 0.3) is 0 Å². The molecule has 1 aromatic heterocycles. The Kier molecular flexibility index (Phi) is 2.95. The molecule has 0 bridgehead atoms. The predicted octanol–water partition coefficient (Wildman–Crippen LogP) is 1.48. The number of carbonyl (C=O) groups excluding carboxylic acids is 1. The van der Waals surface area contributed by atoms with Gasteiger partial charge in [0.05, 0.1) is 22.4 Å². The molecule has 0 saturated heterocycles. The van der Waals surface area contributed by atoms with E-state index in [-0.39, 0.29) is 15.4 Å². The van der Waals surface area contributed by atoms with Crippen molar-refractivity contribution >= 4 is 29.1 Å². The Balaban J connectivity index is 3.46. The first-order valence-electron chi connectivity index (χ1n) is 3.32. The Hall–Kier alpha value is -1.00. The number of aromatic nitrogens is 1. The molecule has 1 rings (SSSR count). The van der Waals surface area contributed by atoms with Crippen molar-refractivity contribution in [1.29, 1.82) is 0 Å². The van der Waals surface area contributed by atoms with Gasteiger partial charge in [-0.1, -0.05) is 23.2 Å². The lowest BCUT2D eigenvalue weighted by atomic mass is 10.4. The zero-order chi connectivity index (χ0) is 10.0. The quantitative estimate of drug-likeness (QED) is 0.674. The smallest absolute Gasteiger partial charge is 0.243 e. The van der Waals surface area contributed by atoms with Crippen LogP contribution in [0.3, 0.4) is 0 Å². The van der Waals surface area contributed by atoms with E-state index in [1.54, 1.807) is 0 Å². The third kappa shape index (κ3) is 2.47. The summed E-state index contributed by atoms with van der Waals surface area (Å²) in [4.78, 5) is 14.2. The van der Waals surface area contributed by atoms with Crippen molar-refractivity contribution in [2.75, 3.05) is 0 Å². The maximum Gasteiger partial charge on any atom is 0.243 e. The molecule has 0 aromatic carbocycles. The molecule has 1 N–H and O–H groups in total. The van der Waals surface area contributed by atoms with Crippen molar-refractivity contribution in [3.05, 3.63) is 27.8 Å². The van der Waals surface area contributed by atoms with E-state index >= 15 is 0 Å². The molecule has 0 spiro atoms. The summed E-state index contributed by atoms with van der Waals surface area (Å²) in [5.41, 5.74) is 0. The van der Waals surface area contributed by atoms with Gasteiger partial charge in [0.2, 0.25) is 5.91 Å². The number of hydrogen-bond acceptors (Lipinski definition) is 2. The molecule has 13 heavy (non-hydrogen) atoms. The maximum atomic E-state index is 10.6. The number of hydrogen-bond donors (Lipinski definition) is 1. The maximum absolute atomic E-state index is 10.6. The summed E-state index contributed by atoms with van der Waals surface area (Å²) in [5, 5.41) is 9.37. The number of amides is 1. The van der Waals surface area contributed by atoms with E-state index in [9.17, 15) is 4.79 Å². The van der Waals surface area contributed by atoms with Crippen LogP contribution in [-0.4, -0.2) is 15.8 Å². The van der Waals surface area contributed by atoms with Crippen LogP contribution in [0, 0.1) is 0 Å². The molecule has 70 valence electrons. The highest BCUT2D eigenvalue weighted by atomic mass is 35.5. The third-order valence-electron chi connectivity index (χ3n) is 1.21. The van der Waals surface area contributed by atoms with Crippen molar-refractivity contribution in [3.8, 4) is 0 Å². The van der Waals surface area contributed by atoms with Crippen LogP contribution in [0.15, 0.2) is 17.4 Å². The average molecular weight is 221 g/mol. The summed E-state index contributed by atoms with van der Waals surface area (Å²) in [5.74, 6) is -0.403. The summed E-state index contributed by atoms with van der Waals surface area (Å²) >= 11 is 11.3. The molecule has 0 unspecified atom stereocenters. The fourth-order valence-electron chi connectivity index (χ4n) is 0.770. The van der Waals surface area contributed by atoms with Crippen molar-refractivity contribution in [2.24, 2.45) is 4.99 Å². The standard InChI is InChI=1S/C7H6Cl2N2O2/c1-4(12)10-7-5(8)2-11(13)3-6(7)9/h2-3,13H,1H3. The van der Waals surface area contributed by atoms with Crippen LogP contribution in [-0.2, 0) is 4.79 Å². The topological polar surface area (TPSA) is 54.6 Å². The molecule has 1 amide bonds. The predicted molar refractivity (Wildman–Crippen MR) is 47.9 cm³/mol. The first-order valence-corrected chi connectivity index (χ1v) is 4.08. The van der Waals surface area contributed by atoms with Gasteiger partial charge in [-0.05, 0) is 0 Å². The fraction of sp³-hybridized carbons (Fsp3) is 0.143. The normalized spacial score (nSPS) is 9.77. The lowest BCUT2D eigenvalue weighted by Crippen LogP contribution is -2.11. The highest BCUT2D eigenvalue weighted by Gasteiger charge is 2.02. The second-order valence-electron chi connectivity index (χ2n) is 2.31. The molecule has 0 fully saturated rings. The first kappa shape index (κ1) is 10.1. The minimum absolute atomic E-state index is 0.116. The average Bonchev–Trinajstić information content (AvgIpc) is 1.96. The van der Waals surface area contributed by atoms with E-state index in [0.29, 0.717) is 4.73 Å². The summed E-state index contributed by atoms with van der Waals surface area (Å²) in [7, 11) is 0. The van der Waals surface area contributed by atoms with Crippen molar-refractivity contribution in [3.63, 3.8) is 0 Å². The second kappa shape index (κ2) is 3.81. The molecule has 0 saturated carbocycles. The SMILES string of the molecule is CC(=O)N=c1c(Cl)cn(O)cc1Cl. The Morgan fingerprint density at radius 1 is 1.46 bits per heavy atom. The molecular weight excluding hydrogens is 215 g/mol. The third-order valence-corrected chi connectivity index (χ3v) is 1.77. The van der Waals surface area contributed by atoms with Gasteiger partial charge >= 0.3 is 0 Å². The molecule has 0 atom stereocenters. The van der Waals surface area contributed by atoms with Crippen molar-refractivity contribution in [2.45, 2.75) is 6.92 Å². The van der Waals surface area contributed by atoms with Gasteiger partial charge in [0, 0.05) is 6.92 Å². The minimum atomic E-state index is -0.403. The van der Waals surface area contributed by atoms with E-state index in [1.165, 1.54) is 19.3 Å². The van der Waals surface area contributed by atoms with Crippen molar-refractivity contribution < 1.29 is 10.0 Å². The second-order valence-corrected chi connectivity index (χ2v) is 3.13. The summed E-state index contributed by atoms with van der Waals surface area (Å²) in [6.07, 6.45) is 2.38. The van der Waals surface area contributed by atoms with Crippen LogP contribution in [0.4, 0.5) is 0 Å². The zero-order valence-corrected chi connectivity index (χ0v) is 8.17. The van der Waals surface area contributed by atoms with Gasteiger partial charge < -0.3 is 5.21 Å². The summed E-state index contributed by atoms with van der Waals surface area (Å²) < 4.78 is 0.698. The Morgan fingerprint density at radius 3 is 2.31 bits per heavy atom. The molecule has 4 nitrogen and oxygen atoms in total. The number of pyridine rings is 1. The number of halogens is 2. The Bertz CT molecular complexity index is 385. The largest absolute Gasteiger partial charge is 0.429 e. The van der Waals surface area contributed by atoms with Crippen LogP contribution < -0.4 is 5.36 Å².